The van der Waals surface area contributed by atoms with Gasteiger partial charge < -0.3 is 14.2 Å². The minimum atomic E-state index is -3.52. The van der Waals surface area contributed by atoms with Crippen molar-refractivity contribution in [2.45, 2.75) is 26.3 Å². The maximum Gasteiger partial charge on any atom is 0.254 e. The number of carbonyl (C=O) groups is 1. The van der Waals surface area contributed by atoms with Crippen molar-refractivity contribution in [3.05, 3.63) is 41.0 Å². The average Bonchev–Trinajstić information content (AvgIpc) is 2.93. The summed E-state index contributed by atoms with van der Waals surface area (Å²) >= 11 is 0. The van der Waals surface area contributed by atoms with Crippen LogP contribution in [-0.4, -0.2) is 66.7 Å². The summed E-state index contributed by atoms with van der Waals surface area (Å²) in [5.41, 5.74) is 1.37. The molecule has 1 aliphatic rings. The van der Waals surface area contributed by atoms with Crippen molar-refractivity contribution in [1.82, 2.24) is 19.3 Å². The van der Waals surface area contributed by atoms with Gasteiger partial charge >= 0.3 is 0 Å². The highest BCUT2D eigenvalue weighted by Gasteiger charge is 2.36. The molecule has 0 N–H and O–H groups in total. The summed E-state index contributed by atoms with van der Waals surface area (Å²) in [4.78, 5) is 18.9. The van der Waals surface area contributed by atoms with Crippen molar-refractivity contribution in [3.8, 4) is 5.75 Å². The monoisotopic (exact) mass is 408 g/mol. The number of sulfonamides is 1. The highest BCUT2D eigenvalue weighted by molar-refractivity contribution is 7.88. The van der Waals surface area contributed by atoms with Crippen LogP contribution in [0.25, 0.3) is 0 Å². The van der Waals surface area contributed by atoms with Gasteiger partial charge in [-0.1, -0.05) is 5.16 Å². The van der Waals surface area contributed by atoms with Crippen LogP contribution in [0.2, 0.25) is 0 Å². The van der Waals surface area contributed by atoms with Gasteiger partial charge in [-0.3, -0.25) is 4.79 Å². The fraction of sp³-hybridized carbons (Fsp3) is 0.500. The van der Waals surface area contributed by atoms with Gasteiger partial charge in [-0.15, -0.1) is 0 Å². The van der Waals surface area contributed by atoms with Crippen molar-refractivity contribution < 1.29 is 22.5 Å². The molecule has 2 aromatic rings. The first-order valence-corrected chi connectivity index (χ1v) is 10.8. The molecule has 10 heteroatoms. The van der Waals surface area contributed by atoms with Crippen molar-refractivity contribution in [1.29, 1.82) is 0 Å². The minimum absolute atomic E-state index is 0.143. The number of aromatic nitrogens is 2. The second-order valence-electron chi connectivity index (χ2n) is 6.83. The summed E-state index contributed by atoms with van der Waals surface area (Å²) < 4.78 is 36.4. The Morgan fingerprint density at radius 2 is 2.00 bits per heavy atom. The van der Waals surface area contributed by atoms with E-state index in [0.29, 0.717) is 30.1 Å². The van der Waals surface area contributed by atoms with Crippen molar-refractivity contribution >= 4 is 15.9 Å². The van der Waals surface area contributed by atoms with E-state index in [1.165, 1.54) is 4.31 Å². The van der Waals surface area contributed by atoms with E-state index < -0.39 is 16.1 Å². The first kappa shape index (κ1) is 20.3. The van der Waals surface area contributed by atoms with E-state index in [1.54, 1.807) is 37.1 Å². The molecule has 9 nitrogen and oxygen atoms in total. The number of hydrogen-bond donors (Lipinski definition) is 0. The Morgan fingerprint density at radius 1 is 1.25 bits per heavy atom. The van der Waals surface area contributed by atoms with Crippen LogP contribution >= 0.6 is 0 Å². The number of ether oxygens (including phenoxy) is 1. The predicted octanol–water partition coefficient (Wildman–Crippen LogP) is 1.54. The number of rotatable bonds is 4. The molecule has 1 aromatic heterocycles. The van der Waals surface area contributed by atoms with Crippen molar-refractivity contribution in [2.75, 3.05) is 33.0 Å². The normalized spacial score (nSPS) is 18.7. The second kappa shape index (κ2) is 7.88. The average molecular weight is 408 g/mol. The van der Waals surface area contributed by atoms with Gasteiger partial charge in [0.1, 0.15) is 11.8 Å². The van der Waals surface area contributed by atoms with Gasteiger partial charge in [-0.25, -0.2) is 8.42 Å². The lowest BCUT2D eigenvalue weighted by atomic mass is 10.1. The molecule has 1 atom stereocenters. The predicted molar refractivity (Wildman–Crippen MR) is 102 cm³/mol. The third-order valence-electron chi connectivity index (χ3n) is 4.82. The molecule has 0 saturated carbocycles. The Labute approximate surface area is 164 Å². The maximum atomic E-state index is 13.0. The van der Waals surface area contributed by atoms with Crippen LogP contribution in [0.1, 0.15) is 40.1 Å². The second-order valence-corrected chi connectivity index (χ2v) is 8.77. The fourth-order valence-electron chi connectivity index (χ4n) is 3.38. The number of benzene rings is 1. The molecule has 3 rings (SSSR count). The highest BCUT2D eigenvalue weighted by atomic mass is 32.2. The van der Waals surface area contributed by atoms with Crippen LogP contribution < -0.4 is 4.74 Å². The van der Waals surface area contributed by atoms with Crippen LogP contribution in [0.3, 0.4) is 0 Å². The zero-order valence-corrected chi connectivity index (χ0v) is 17.2. The van der Waals surface area contributed by atoms with E-state index >= 15 is 0 Å². The molecular formula is C18H24N4O5S. The summed E-state index contributed by atoms with van der Waals surface area (Å²) in [5, 5.41) is 3.77. The Hall–Kier alpha value is -2.46. The van der Waals surface area contributed by atoms with E-state index in [-0.39, 0.29) is 24.9 Å². The summed E-state index contributed by atoms with van der Waals surface area (Å²) in [6.07, 6.45) is 1.52. The first-order valence-electron chi connectivity index (χ1n) is 8.91. The van der Waals surface area contributed by atoms with Crippen LogP contribution in [0.5, 0.6) is 5.75 Å². The Balaban J connectivity index is 1.86. The topological polar surface area (TPSA) is 106 Å². The van der Waals surface area contributed by atoms with Crippen LogP contribution in [0.4, 0.5) is 0 Å². The Kier molecular flexibility index (Phi) is 5.71. The van der Waals surface area contributed by atoms with E-state index in [1.807, 2.05) is 6.92 Å². The molecule has 1 fully saturated rings. The van der Waals surface area contributed by atoms with Crippen molar-refractivity contribution in [3.63, 3.8) is 0 Å². The number of carbonyl (C=O) groups excluding carboxylic acids is 1. The molecule has 2 heterocycles. The van der Waals surface area contributed by atoms with Gasteiger partial charge in [0.15, 0.2) is 5.82 Å². The lowest BCUT2D eigenvalue weighted by molar-refractivity contribution is 0.0763. The lowest BCUT2D eigenvalue weighted by Crippen LogP contribution is -2.38. The molecule has 0 radical (unpaired) electrons. The van der Waals surface area contributed by atoms with E-state index in [0.717, 1.165) is 11.8 Å². The maximum absolute atomic E-state index is 13.0. The molecular weight excluding hydrogens is 384 g/mol. The molecule has 0 spiro atoms. The number of methoxy groups -OCH3 is 1. The van der Waals surface area contributed by atoms with Gasteiger partial charge in [0, 0.05) is 25.2 Å². The molecule has 0 aliphatic carbocycles. The lowest BCUT2D eigenvalue weighted by Gasteiger charge is -2.24. The third kappa shape index (κ3) is 4.17. The first-order chi connectivity index (χ1) is 13.2. The fourth-order valence-corrected chi connectivity index (χ4v) is 4.45. The van der Waals surface area contributed by atoms with E-state index in [2.05, 4.69) is 10.1 Å². The van der Waals surface area contributed by atoms with Gasteiger partial charge in [-0.2, -0.15) is 9.29 Å². The highest BCUT2D eigenvalue weighted by Crippen LogP contribution is 2.29. The van der Waals surface area contributed by atoms with Crippen LogP contribution in [0, 0.1) is 13.8 Å². The molecule has 152 valence electrons. The van der Waals surface area contributed by atoms with Gasteiger partial charge in [0.2, 0.25) is 15.9 Å². The Bertz CT molecular complexity index is 972. The zero-order chi connectivity index (χ0) is 20.5. The van der Waals surface area contributed by atoms with E-state index in [4.69, 9.17) is 9.26 Å². The summed E-state index contributed by atoms with van der Waals surface area (Å²) in [6, 6.07) is 4.68. The number of hydrogen-bond acceptors (Lipinski definition) is 7. The number of amides is 1. The quantitative estimate of drug-likeness (QED) is 0.755. The smallest absolute Gasteiger partial charge is 0.254 e. The largest absolute Gasteiger partial charge is 0.497 e. The van der Waals surface area contributed by atoms with Crippen molar-refractivity contribution in [2.24, 2.45) is 0 Å². The van der Waals surface area contributed by atoms with Gasteiger partial charge in [-0.05, 0) is 44.0 Å². The minimum Gasteiger partial charge on any atom is -0.497 e. The number of aryl methyl sites for hydroxylation is 2. The molecule has 1 saturated heterocycles. The molecule has 1 aliphatic heterocycles. The number of nitrogens with zero attached hydrogens (tertiary/aromatic N) is 4. The Morgan fingerprint density at radius 3 is 2.57 bits per heavy atom. The van der Waals surface area contributed by atoms with Gasteiger partial charge in [0.05, 0.1) is 13.4 Å². The SMILES string of the molecule is COc1ccc(C(=O)N2CCC(c3nc(C)no3)N(S(C)(=O)=O)CC2)c(C)c1. The van der Waals surface area contributed by atoms with Crippen LogP contribution in [-0.2, 0) is 10.0 Å². The summed E-state index contributed by atoms with van der Waals surface area (Å²) in [5.74, 6) is 1.23. The van der Waals surface area contributed by atoms with E-state index in [9.17, 15) is 13.2 Å². The molecule has 0 bridgehead atoms. The third-order valence-corrected chi connectivity index (χ3v) is 6.10. The van der Waals surface area contributed by atoms with Crippen LogP contribution in [0.15, 0.2) is 22.7 Å². The molecule has 1 aromatic carbocycles. The molecule has 28 heavy (non-hydrogen) atoms. The molecule has 1 unspecified atom stereocenters. The molecule has 1 amide bonds. The summed E-state index contributed by atoms with van der Waals surface area (Å²) in [6.45, 7) is 4.34. The van der Waals surface area contributed by atoms with Gasteiger partial charge in [0.25, 0.3) is 5.91 Å². The zero-order valence-electron chi connectivity index (χ0n) is 16.4. The standard InChI is InChI=1S/C18H24N4O5S/c1-12-11-14(26-3)5-6-15(12)18(23)21-8-7-16(17-19-13(2)20-27-17)22(10-9-21)28(4,24)25/h5-6,11,16H,7-10H2,1-4H3. The summed E-state index contributed by atoms with van der Waals surface area (Å²) in [7, 11) is -1.94.